The van der Waals surface area contributed by atoms with Gasteiger partial charge in [-0.15, -0.1) is 0 Å². The minimum Gasteiger partial charge on any atom is -0.480 e. The fraction of sp³-hybridized carbons (Fsp3) is 0.750. The highest BCUT2D eigenvalue weighted by atomic mass is 16.4. The largest absolute Gasteiger partial charge is 0.480 e. The smallest absolute Gasteiger partial charge is 0.327 e. The molecule has 0 radical (unpaired) electrons. The summed E-state index contributed by atoms with van der Waals surface area (Å²) in [5, 5.41) is 11.5. The number of aliphatic carboxylic acids is 1. The van der Waals surface area contributed by atoms with Gasteiger partial charge in [-0.1, -0.05) is 32.6 Å². The molecular weight excluding hydrogens is 314 g/mol. The molecule has 0 aromatic heterocycles. The number of nitrogens with zero attached hydrogens (tertiary/aromatic N) is 2. The fourth-order valence-electron chi connectivity index (χ4n) is 3.60. The van der Waals surface area contributed by atoms with Crippen LogP contribution in [0.4, 0.5) is 4.79 Å². The molecule has 1 spiro atoms. The van der Waals surface area contributed by atoms with E-state index < -0.39 is 36.0 Å². The molecule has 2 aliphatic rings. The highest BCUT2D eigenvalue weighted by Crippen LogP contribution is 2.39. The third-order valence-electron chi connectivity index (χ3n) is 5.00. The van der Waals surface area contributed by atoms with Gasteiger partial charge in [-0.2, -0.15) is 0 Å². The minimum absolute atomic E-state index is 0.298. The molecule has 0 bridgehead atoms. The molecule has 8 nitrogen and oxygen atoms in total. The van der Waals surface area contributed by atoms with Crippen LogP contribution in [0, 0.1) is 0 Å². The lowest BCUT2D eigenvalue weighted by atomic mass is 9.81. The van der Waals surface area contributed by atoms with Crippen LogP contribution in [-0.4, -0.2) is 63.9 Å². The van der Waals surface area contributed by atoms with Crippen LogP contribution in [0.2, 0.25) is 0 Å². The third-order valence-corrected chi connectivity index (χ3v) is 5.00. The second-order valence-electron chi connectivity index (χ2n) is 6.57. The van der Waals surface area contributed by atoms with Gasteiger partial charge in [-0.25, -0.2) is 9.59 Å². The number of urea groups is 1. The topological polar surface area (TPSA) is 107 Å². The zero-order valence-electron chi connectivity index (χ0n) is 14.2. The quantitative estimate of drug-likeness (QED) is 0.701. The SMILES string of the molecule is CCCC(NC(=O)CN1C(=O)N(C)C2(CCCCC2)C1=O)C(=O)O. The molecular formula is C16H25N3O5. The van der Waals surface area contributed by atoms with Gasteiger partial charge >= 0.3 is 12.0 Å². The van der Waals surface area contributed by atoms with E-state index in [4.69, 9.17) is 5.11 Å². The Hall–Kier alpha value is -2.12. The maximum Gasteiger partial charge on any atom is 0.327 e. The van der Waals surface area contributed by atoms with Crippen LogP contribution in [0.1, 0.15) is 51.9 Å². The number of carbonyl (C=O) groups excluding carboxylic acids is 3. The van der Waals surface area contributed by atoms with Gasteiger partial charge in [0.2, 0.25) is 5.91 Å². The lowest BCUT2D eigenvalue weighted by Crippen LogP contribution is -2.50. The van der Waals surface area contributed by atoms with Crippen molar-refractivity contribution in [1.29, 1.82) is 0 Å². The van der Waals surface area contributed by atoms with E-state index in [0.717, 1.165) is 24.2 Å². The van der Waals surface area contributed by atoms with Crippen molar-refractivity contribution in [3.05, 3.63) is 0 Å². The maximum atomic E-state index is 12.8. The molecule has 2 fully saturated rings. The lowest BCUT2D eigenvalue weighted by Gasteiger charge is -2.35. The summed E-state index contributed by atoms with van der Waals surface area (Å²) in [6.45, 7) is 1.38. The molecule has 134 valence electrons. The molecule has 1 heterocycles. The van der Waals surface area contributed by atoms with E-state index in [1.807, 2.05) is 6.92 Å². The van der Waals surface area contributed by atoms with Crippen LogP contribution in [0.25, 0.3) is 0 Å². The monoisotopic (exact) mass is 339 g/mol. The predicted octanol–water partition coefficient (Wildman–Crippen LogP) is 0.953. The van der Waals surface area contributed by atoms with E-state index in [2.05, 4.69) is 5.32 Å². The molecule has 2 N–H and O–H groups in total. The first-order valence-electron chi connectivity index (χ1n) is 8.45. The van der Waals surface area contributed by atoms with E-state index in [9.17, 15) is 19.2 Å². The van der Waals surface area contributed by atoms with Gasteiger partial charge < -0.3 is 15.3 Å². The highest BCUT2D eigenvalue weighted by molar-refractivity contribution is 6.09. The molecule has 1 atom stereocenters. The van der Waals surface area contributed by atoms with E-state index in [-0.39, 0.29) is 5.91 Å². The number of amides is 4. The van der Waals surface area contributed by atoms with Crippen LogP contribution in [0.5, 0.6) is 0 Å². The summed E-state index contributed by atoms with van der Waals surface area (Å²) in [5.74, 6) is -2.09. The van der Waals surface area contributed by atoms with Gasteiger partial charge in [0.15, 0.2) is 0 Å². The van der Waals surface area contributed by atoms with E-state index in [1.165, 1.54) is 4.90 Å². The summed E-state index contributed by atoms with van der Waals surface area (Å²) in [7, 11) is 1.60. The molecule has 1 saturated carbocycles. The second-order valence-corrected chi connectivity index (χ2v) is 6.57. The van der Waals surface area contributed by atoms with Crippen LogP contribution >= 0.6 is 0 Å². The number of hydrogen-bond acceptors (Lipinski definition) is 4. The first-order valence-corrected chi connectivity index (χ1v) is 8.45. The first kappa shape index (κ1) is 18.2. The van der Waals surface area contributed by atoms with Crippen LogP contribution in [0.3, 0.4) is 0 Å². The van der Waals surface area contributed by atoms with E-state index in [1.54, 1.807) is 7.05 Å². The Morgan fingerprint density at radius 2 is 1.88 bits per heavy atom. The maximum absolute atomic E-state index is 12.8. The van der Waals surface area contributed by atoms with Crippen molar-refractivity contribution in [3.8, 4) is 0 Å². The number of hydrogen-bond donors (Lipinski definition) is 2. The predicted molar refractivity (Wildman–Crippen MR) is 85.2 cm³/mol. The number of carboxylic acids is 1. The van der Waals surface area contributed by atoms with Crippen molar-refractivity contribution < 1.29 is 24.3 Å². The normalized spacial score (nSPS) is 21.2. The number of carbonyl (C=O) groups is 4. The Morgan fingerprint density at radius 3 is 2.42 bits per heavy atom. The van der Waals surface area contributed by atoms with Crippen LogP contribution < -0.4 is 5.32 Å². The highest BCUT2D eigenvalue weighted by Gasteiger charge is 2.55. The van der Waals surface area contributed by atoms with Gasteiger partial charge in [-0.3, -0.25) is 14.5 Å². The average molecular weight is 339 g/mol. The Kier molecular flexibility index (Phi) is 5.46. The Labute approximate surface area is 141 Å². The summed E-state index contributed by atoms with van der Waals surface area (Å²) in [6.07, 6.45) is 4.91. The Morgan fingerprint density at radius 1 is 1.25 bits per heavy atom. The Balaban J connectivity index is 2.06. The van der Waals surface area contributed by atoms with E-state index in [0.29, 0.717) is 25.7 Å². The number of imide groups is 1. The molecule has 0 aromatic rings. The fourth-order valence-corrected chi connectivity index (χ4v) is 3.60. The number of nitrogens with one attached hydrogen (secondary N) is 1. The summed E-state index contributed by atoms with van der Waals surface area (Å²) in [6, 6.07) is -1.49. The van der Waals surface area contributed by atoms with Crippen molar-refractivity contribution >= 4 is 23.8 Å². The van der Waals surface area contributed by atoms with Crippen LogP contribution in [0.15, 0.2) is 0 Å². The summed E-state index contributed by atoms with van der Waals surface area (Å²) >= 11 is 0. The molecule has 4 amide bonds. The third kappa shape index (κ3) is 3.22. The average Bonchev–Trinajstić information content (AvgIpc) is 2.71. The minimum atomic E-state index is -1.12. The molecule has 1 unspecified atom stereocenters. The summed E-state index contributed by atoms with van der Waals surface area (Å²) in [5.41, 5.74) is -0.828. The second kappa shape index (κ2) is 7.19. The van der Waals surface area contributed by atoms with Crippen molar-refractivity contribution in [2.24, 2.45) is 0 Å². The number of likely N-dealkylation sites (N-methyl/N-ethyl adjacent to an activating group) is 1. The molecule has 1 aliphatic carbocycles. The van der Waals surface area contributed by atoms with Gasteiger partial charge in [0.25, 0.3) is 5.91 Å². The number of carboxylic acid groups (broad SMARTS) is 1. The molecule has 1 aliphatic heterocycles. The molecule has 1 saturated heterocycles. The van der Waals surface area contributed by atoms with Crippen molar-refractivity contribution in [3.63, 3.8) is 0 Å². The Bertz CT molecular complexity index is 542. The summed E-state index contributed by atoms with van der Waals surface area (Å²) < 4.78 is 0. The molecule has 8 heteroatoms. The van der Waals surface area contributed by atoms with Crippen molar-refractivity contribution in [1.82, 2.24) is 15.1 Å². The zero-order valence-corrected chi connectivity index (χ0v) is 14.2. The number of rotatable bonds is 6. The summed E-state index contributed by atoms with van der Waals surface area (Å²) in [4.78, 5) is 50.8. The van der Waals surface area contributed by atoms with Gasteiger partial charge in [-0.05, 0) is 19.3 Å². The standard InChI is InChI=1S/C16H25N3O5/c1-3-7-11(13(21)22)17-12(20)10-19-14(23)16(18(2)15(19)24)8-5-4-6-9-16/h11H,3-10H2,1-2H3,(H,17,20)(H,21,22). The molecule has 2 rings (SSSR count). The van der Waals surface area contributed by atoms with E-state index >= 15 is 0 Å². The van der Waals surface area contributed by atoms with Crippen molar-refractivity contribution in [2.45, 2.75) is 63.5 Å². The lowest BCUT2D eigenvalue weighted by molar-refractivity contribution is -0.142. The molecule has 24 heavy (non-hydrogen) atoms. The van der Waals surface area contributed by atoms with Gasteiger partial charge in [0.1, 0.15) is 18.1 Å². The van der Waals surface area contributed by atoms with Gasteiger partial charge in [0.05, 0.1) is 0 Å². The van der Waals surface area contributed by atoms with Crippen molar-refractivity contribution in [2.75, 3.05) is 13.6 Å². The molecule has 0 aromatic carbocycles. The van der Waals surface area contributed by atoms with Crippen LogP contribution in [-0.2, 0) is 14.4 Å². The van der Waals surface area contributed by atoms with Gasteiger partial charge in [0, 0.05) is 7.05 Å². The zero-order chi connectivity index (χ0) is 17.9. The first-order chi connectivity index (χ1) is 11.3.